The molecule has 5 heteroatoms. The topological polar surface area (TPSA) is 15.7 Å². The molecular formula is C20H26Cl2N2O. The minimum absolute atomic E-state index is 0. The van der Waals surface area contributed by atoms with E-state index in [-0.39, 0.29) is 24.8 Å². The van der Waals surface area contributed by atoms with Crippen LogP contribution in [0.15, 0.2) is 48.5 Å². The standard InChI is InChI=1S/C20H24N2O.2ClH/c1-21-10-11-22-19(15-6-4-3-5-7-15)13-16-12-17(23-2)8-9-18(16)20(22)14-21;;/h3-9,12,19-20H,10-11,13-14H2,1-2H3;2*1H/t19-,20+;;/m0../s1. The Kier molecular flexibility index (Phi) is 6.75. The van der Waals surface area contributed by atoms with E-state index in [0.717, 1.165) is 31.8 Å². The van der Waals surface area contributed by atoms with E-state index in [1.807, 2.05) is 0 Å². The van der Waals surface area contributed by atoms with Crippen LogP contribution in [-0.2, 0) is 6.42 Å². The molecule has 1 saturated heterocycles. The van der Waals surface area contributed by atoms with Gasteiger partial charge in [-0.2, -0.15) is 0 Å². The first kappa shape index (κ1) is 20.1. The second kappa shape index (κ2) is 8.41. The van der Waals surface area contributed by atoms with Crippen LogP contribution in [0.5, 0.6) is 5.75 Å². The summed E-state index contributed by atoms with van der Waals surface area (Å²) in [5, 5.41) is 0. The van der Waals surface area contributed by atoms with E-state index in [4.69, 9.17) is 4.74 Å². The third kappa shape index (κ3) is 3.80. The van der Waals surface area contributed by atoms with Gasteiger partial charge in [0.05, 0.1) is 7.11 Å². The molecule has 0 aliphatic carbocycles. The molecule has 0 N–H and O–H groups in total. The zero-order valence-electron chi connectivity index (χ0n) is 14.7. The van der Waals surface area contributed by atoms with Crippen molar-refractivity contribution in [3.8, 4) is 5.75 Å². The number of ether oxygens (including phenoxy) is 1. The molecule has 2 aliphatic rings. The van der Waals surface area contributed by atoms with Crippen molar-refractivity contribution >= 4 is 24.8 Å². The maximum Gasteiger partial charge on any atom is 0.119 e. The van der Waals surface area contributed by atoms with E-state index < -0.39 is 0 Å². The van der Waals surface area contributed by atoms with Crippen molar-refractivity contribution < 1.29 is 4.74 Å². The summed E-state index contributed by atoms with van der Waals surface area (Å²) in [6.45, 7) is 3.38. The lowest BCUT2D eigenvalue weighted by molar-refractivity contribution is 0.0403. The number of nitrogens with zero attached hydrogens (tertiary/aromatic N) is 2. The second-order valence-corrected chi connectivity index (χ2v) is 6.71. The fourth-order valence-electron chi connectivity index (χ4n) is 4.10. The molecule has 2 aliphatic heterocycles. The predicted molar refractivity (Wildman–Crippen MR) is 107 cm³/mol. The van der Waals surface area contributed by atoms with E-state index in [0.29, 0.717) is 12.1 Å². The molecule has 0 amide bonds. The molecule has 0 aromatic heterocycles. The molecule has 4 rings (SSSR count). The number of hydrogen-bond acceptors (Lipinski definition) is 3. The van der Waals surface area contributed by atoms with Crippen LogP contribution < -0.4 is 4.74 Å². The highest BCUT2D eigenvalue weighted by atomic mass is 35.5. The smallest absolute Gasteiger partial charge is 0.119 e. The summed E-state index contributed by atoms with van der Waals surface area (Å²) < 4.78 is 5.45. The van der Waals surface area contributed by atoms with Gasteiger partial charge in [-0.3, -0.25) is 4.90 Å². The summed E-state index contributed by atoms with van der Waals surface area (Å²) in [5.74, 6) is 0.966. The highest BCUT2D eigenvalue weighted by Gasteiger charge is 2.37. The van der Waals surface area contributed by atoms with Gasteiger partial charge >= 0.3 is 0 Å². The van der Waals surface area contributed by atoms with Gasteiger partial charge in [-0.05, 0) is 42.3 Å². The normalized spacial score (nSPS) is 22.8. The SMILES string of the molecule is COc1ccc2c(c1)C[C@@H](c1ccccc1)N1CCN(C)C[C@H]21.Cl.Cl. The Balaban J connectivity index is 0.00000113. The molecule has 0 bridgehead atoms. The number of benzene rings is 2. The minimum Gasteiger partial charge on any atom is -0.497 e. The zero-order valence-corrected chi connectivity index (χ0v) is 16.4. The summed E-state index contributed by atoms with van der Waals surface area (Å²) in [6.07, 6.45) is 1.07. The summed E-state index contributed by atoms with van der Waals surface area (Å²) >= 11 is 0. The van der Waals surface area contributed by atoms with Crippen molar-refractivity contribution in [3.05, 3.63) is 65.2 Å². The minimum atomic E-state index is 0. The Hall–Kier alpha value is -1.26. The predicted octanol–water partition coefficient (Wildman–Crippen LogP) is 4.12. The average molecular weight is 381 g/mol. The number of fused-ring (bicyclic) bond motifs is 3. The van der Waals surface area contributed by atoms with Crippen molar-refractivity contribution in [2.24, 2.45) is 0 Å². The third-order valence-corrected chi connectivity index (χ3v) is 5.33. The summed E-state index contributed by atoms with van der Waals surface area (Å²) in [5.41, 5.74) is 4.34. The first-order valence-electron chi connectivity index (χ1n) is 8.42. The Bertz CT molecular complexity index is 695. The Morgan fingerprint density at radius 1 is 0.960 bits per heavy atom. The molecule has 2 aromatic carbocycles. The lowest BCUT2D eigenvalue weighted by Gasteiger charge is -2.48. The van der Waals surface area contributed by atoms with Crippen molar-refractivity contribution in [1.29, 1.82) is 0 Å². The number of piperazine rings is 1. The van der Waals surface area contributed by atoms with Crippen molar-refractivity contribution in [1.82, 2.24) is 9.80 Å². The Morgan fingerprint density at radius 3 is 2.44 bits per heavy atom. The first-order chi connectivity index (χ1) is 11.3. The molecule has 0 unspecified atom stereocenters. The van der Waals surface area contributed by atoms with Gasteiger partial charge in [0.25, 0.3) is 0 Å². The van der Waals surface area contributed by atoms with E-state index in [1.165, 1.54) is 16.7 Å². The molecule has 0 spiro atoms. The third-order valence-electron chi connectivity index (χ3n) is 5.33. The molecule has 0 radical (unpaired) electrons. The number of methoxy groups -OCH3 is 1. The van der Waals surface area contributed by atoms with Crippen LogP contribution in [0.25, 0.3) is 0 Å². The van der Waals surface area contributed by atoms with Gasteiger partial charge in [0, 0.05) is 31.7 Å². The van der Waals surface area contributed by atoms with Crippen LogP contribution in [0.3, 0.4) is 0 Å². The quantitative estimate of drug-likeness (QED) is 0.778. The van der Waals surface area contributed by atoms with Crippen LogP contribution in [0, 0.1) is 0 Å². The van der Waals surface area contributed by atoms with Crippen molar-refractivity contribution in [2.45, 2.75) is 18.5 Å². The summed E-state index contributed by atoms with van der Waals surface area (Å²) in [7, 11) is 3.98. The van der Waals surface area contributed by atoms with Gasteiger partial charge in [0.15, 0.2) is 0 Å². The molecule has 2 atom stereocenters. The van der Waals surface area contributed by atoms with E-state index in [2.05, 4.69) is 65.4 Å². The molecular weight excluding hydrogens is 355 g/mol. The van der Waals surface area contributed by atoms with Gasteiger partial charge in [-0.1, -0.05) is 36.4 Å². The summed E-state index contributed by atoms with van der Waals surface area (Å²) in [4.78, 5) is 5.15. The molecule has 1 fully saturated rings. The first-order valence-corrected chi connectivity index (χ1v) is 8.42. The van der Waals surface area contributed by atoms with E-state index in [1.54, 1.807) is 7.11 Å². The lowest BCUT2D eigenvalue weighted by atomic mass is 9.84. The summed E-state index contributed by atoms with van der Waals surface area (Å²) in [6, 6.07) is 18.5. The highest BCUT2D eigenvalue weighted by Crippen LogP contribution is 2.42. The van der Waals surface area contributed by atoms with Gasteiger partial charge in [-0.25, -0.2) is 0 Å². The average Bonchev–Trinajstić information content (AvgIpc) is 2.61. The second-order valence-electron chi connectivity index (χ2n) is 6.71. The highest BCUT2D eigenvalue weighted by molar-refractivity contribution is 5.85. The molecule has 2 heterocycles. The molecule has 3 nitrogen and oxygen atoms in total. The maximum absolute atomic E-state index is 5.45. The molecule has 2 aromatic rings. The largest absolute Gasteiger partial charge is 0.497 e. The van der Waals surface area contributed by atoms with Crippen LogP contribution in [0.1, 0.15) is 28.8 Å². The van der Waals surface area contributed by atoms with Crippen molar-refractivity contribution in [2.75, 3.05) is 33.8 Å². The van der Waals surface area contributed by atoms with Crippen LogP contribution >= 0.6 is 24.8 Å². The number of rotatable bonds is 2. The number of hydrogen-bond donors (Lipinski definition) is 0. The fourth-order valence-corrected chi connectivity index (χ4v) is 4.10. The van der Waals surface area contributed by atoms with Crippen molar-refractivity contribution in [3.63, 3.8) is 0 Å². The van der Waals surface area contributed by atoms with E-state index >= 15 is 0 Å². The van der Waals surface area contributed by atoms with Gasteiger partial charge in [0.1, 0.15) is 5.75 Å². The molecule has 25 heavy (non-hydrogen) atoms. The van der Waals surface area contributed by atoms with Crippen LogP contribution in [-0.4, -0.2) is 43.6 Å². The fraction of sp³-hybridized carbons (Fsp3) is 0.400. The molecule has 0 saturated carbocycles. The van der Waals surface area contributed by atoms with Gasteiger partial charge in [0.2, 0.25) is 0 Å². The molecule has 136 valence electrons. The lowest BCUT2D eigenvalue weighted by Crippen LogP contribution is -2.50. The maximum atomic E-state index is 5.45. The number of likely N-dealkylation sites (N-methyl/N-ethyl adjacent to an activating group) is 1. The number of halogens is 2. The Morgan fingerprint density at radius 2 is 1.72 bits per heavy atom. The van der Waals surface area contributed by atoms with Gasteiger partial charge < -0.3 is 9.64 Å². The van der Waals surface area contributed by atoms with Gasteiger partial charge in [-0.15, -0.1) is 24.8 Å². The van der Waals surface area contributed by atoms with E-state index in [9.17, 15) is 0 Å². The Labute approximate surface area is 162 Å². The van der Waals surface area contributed by atoms with Crippen LogP contribution in [0.4, 0.5) is 0 Å². The van der Waals surface area contributed by atoms with Crippen LogP contribution in [0.2, 0.25) is 0 Å². The monoisotopic (exact) mass is 380 g/mol. The zero-order chi connectivity index (χ0) is 15.8.